The minimum Gasteiger partial charge on any atom is -0.458 e. The Hall–Kier alpha value is -2.12. The smallest absolute Gasteiger partial charge is 0.338 e. The highest BCUT2D eigenvalue weighted by Crippen LogP contribution is 2.24. The van der Waals surface area contributed by atoms with Crippen molar-refractivity contribution in [3.8, 4) is 0 Å². The minimum absolute atomic E-state index is 0.205. The van der Waals surface area contributed by atoms with Crippen LogP contribution in [0.25, 0.3) is 0 Å². The van der Waals surface area contributed by atoms with E-state index in [0.717, 1.165) is 24.1 Å². The number of amides is 1. The molecular formula is C24H39N3O4. The molecule has 1 fully saturated rings. The number of benzene rings is 1. The number of anilines is 1. The lowest BCUT2D eigenvalue weighted by molar-refractivity contribution is -0.167. The summed E-state index contributed by atoms with van der Waals surface area (Å²) in [6, 6.07) is 7.80. The maximum atomic E-state index is 13.0. The first-order valence-corrected chi connectivity index (χ1v) is 11.2. The highest BCUT2D eigenvalue weighted by Gasteiger charge is 2.45. The molecule has 1 aromatic carbocycles. The highest BCUT2D eigenvalue weighted by molar-refractivity contribution is 6.07. The highest BCUT2D eigenvalue weighted by atomic mass is 16.6. The summed E-state index contributed by atoms with van der Waals surface area (Å²) in [5.74, 6) is -0.916. The van der Waals surface area contributed by atoms with Crippen LogP contribution in [0.5, 0.6) is 0 Å². The fraction of sp³-hybridized carbons (Fsp3) is 0.667. The van der Waals surface area contributed by atoms with E-state index in [9.17, 15) is 9.59 Å². The Morgan fingerprint density at radius 3 is 2.26 bits per heavy atom. The Labute approximate surface area is 186 Å². The molecule has 0 heterocycles. The second-order valence-electron chi connectivity index (χ2n) is 9.74. The van der Waals surface area contributed by atoms with E-state index >= 15 is 0 Å². The predicted octanol–water partition coefficient (Wildman–Crippen LogP) is 3.00. The van der Waals surface area contributed by atoms with Crippen LogP contribution >= 0.6 is 0 Å². The summed E-state index contributed by atoms with van der Waals surface area (Å²) in [6.07, 6.45) is 5.87. The van der Waals surface area contributed by atoms with Crippen LogP contribution in [-0.2, 0) is 25.6 Å². The summed E-state index contributed by atoms with van der Waals surface area (Å²) in [7, 11) is 3.93. The Kier molecular flexibility index (Phi) is 8.89. The number of carbonyl (C=O) groups is 2. The zero-order chi connectivity index (χ0) is 23.1. The molecule has 1 aliphatic carbocycles. The molecule has 0 radical (unpaired) electrons. The fourth-order valence-corrected chi connectivity index (χ4v) is 3.58. The first-order valence-electron chi connectivity index (χ1n) is 11.2. The van der Waals surface area contributed by atoms with E-state index in [1.807, 2.05) is 43.3 Å². The Morgan fingerprint density at radius 1 is 1.10 bits per heavy atom. The van der Waals surface area contributed by atoms with E-state index in [2.05, 4.69) is 5.32 Å². The molecule has 0 spiro atoms. The summed E-state index contributed by atoms with van der Waals surface area (Å²) in [4.78, 5) is 27.8. The van der Waals surface area contributed by atoms with Crippen LogP contribution < -0.4 is 16.0 Å². The molecule has 0 bridgehead atoms. The number of esters is 1. The molecule has 1 aromatic rings. The molecule has 7 heteroatoms. The van der Waals surface area contributed by atoms with Crippen LogP contribution in [-0.4, -0.2) is 50.3 Å². The molecule has 1 atom stereocenters. The van der Waals surface area contributed by atoms with Crippen LogP contribution in [0.3, 0.4) is 0 Å². The van der Waals surface area contributed by atoms with Gasteiger partial charge in [-0.1, -0.05) is 31.4 Å². The lowest BCUT2D eigenvalue weighted by atomic mass is 9.90. The van der Waals surface area contributed by atoms with Gasteiger partial charge in [0.2, 0.25) is 5.54 Å². The predicted molar refractivity (Wildman–Crippen MR) is 123 cm³/mol. The van der Waals surface area contributed by atoms with Crippen LogP contribution in [0.1, 0.15) is 58.4 Å². The second kappa shape index (κ2) is 11.0. The molecule has 1 aliphatic rings. The van der Waals surface area contributed by atoms with E-state index in [1.165, 1.54) is 19.3 Å². The topological polar surface area (TPSA) is 93.9 Å². The molecule has 0 aliphatic heterocycles. The first kappa shape index (κ1) is 25.1. The van der Waals surface area contributed by atoms with Crippen molar-refractivity contribution in [2.75, 3.05) is 32.2 Å². The number of nitrogens with two attached hydrogens (primary N) is 1. The van der Waals surface area contributed by atoms with Gasteiger partial charge in [0.15, 0.2) is 0 Å². The Balaban J connectivity index is 2.02. The normalized spacial score (nSPS) is 17.0. The van der Waals surface area contributed by atoms with Gasteiger partial charge in [0, 0.05) is 32.9 Å². The number of ether oxygens (including phenoxy) is 2. The zero-order valence-electron chi connectivity index (χ0n) is 19.7. The van der Waals surface area contributed by atoms with Gasteiger partial charge in [0.1, 0.15) is 5.60 Å². The number of nitrogens with one attached hydrogen (secondary N) is 1. The molecule has 0 saturated heterocycles. The largest absolute Gasteiger partial charge is 0.458 e. The van der Waals surface area contributed by atoms with Crippen molar-refractivity contribution in [3.63, 3.8) is 0 Å². The Bertz CT molecular complexity index is 721. The number of rotatable bonds is 9. The SMILES string of the molecule is CN(C)c1ccc(CNC(=O)[C@@](N)(COCC2CCCCC2)C(=O)OC(C)(C)C)cc1. The summed E-state index contributed by atoms with van der Waals surface area (Å²) >= 11 is 0. The van der Waals surface area contributed by atoms with Gasteiger partial charge in [-0.25, -0.2) is 4.79 Å². The molecule has 7 nitrogen and oxygen atoms in total. The molecule has 1 saturated carbocycles. The third-order valence-electron chi connectivity index (χ3n) is 5.48. The van der Waals surface area contributed by atoms with Crippen molar-refractivity contribution in [1.82, 2.24) is 5.32 Å². The van der Waals surface area contributed by atoms with E-state index in [1.54, 1.807) is 20.8 Å². The van der Waals surface area contributed by atoms with Gasteiger partial charge in [0.05, 0.1) is 6.61 Å². The Morgan fingerprint density at radius 2 is 1.71 bits per heavy atom. The zero-order valence-corrected chi connectivity index (χ0v) is 19.7. The fourth-order valence-electron chi connectivity index (χ4n) is 3.58. The average Bonchev–Trinajstić information content (AvgIpc) is 2.71. The maximum absolute atomic E-state index is 13.0. The van der Waals surface area contributed by atoms with Crippen LogP contribution in [0, 0.1) is 5.92 Å². The molecule has 3 N–H and O–H groups in total. The van der Waals surface area contributed by atoms with Gasteiger partial charge >= 0.3 is 5.97 Å². The summed E-state index contributed by atoms with van der Waals surface area (Å²) in [6.45, 7) is 5.80. The van der Waals surface area contributed by atoms with Gasteiger partial charge in [-0.3, -0.25) is 4.79 Å². The summed E-state index contributed by atoms with van der Waals surface area (Å²) in [5.41, 5.74) is 5.64. The monoisotopic (exact) mass is 433 g/mol. The number of hydrogen-bond acceptors (Lipinski definition) is 6. The molecule has 1 amide bonds. The average molecular weight is 434 g/mol. The van der Waals surface area contributed by atoms with Gasteiger partial charge < -0.3 is 25.4 Å². The van der Waals surface area contributed by atoms with E-state index in [-0.39, 0.29) is 13.2 Å². The van der Waals surface area contributed by atoms with Gasteiger partial charge in [0.25, 0.3) is 5.91 Å². The lowest BCUT2D eigenvalue weighted by Crippen LogP contribution is -2.64. The van der Waals surface area contributed by atoms with E-state index < -0.39 is 23.0 Å². The first-order chi connectivity index (χ1) is 14.5. The number of nitrogens with zero attached hydrogens (tertiary/aromatic N) is 1. The van der Waals surface area contributed by atoms with Crippen molar-refractivity contribution in [1.29, 1.82) is 0 Å². The van der Waals surface area contributed by atoms with Crippen LogP contribution in [0.2, 0.25) is 0 Å². The quantitative estimate of drug-likeness (QED) is 0.459. The van der Waals surface area contributed by atoms with E-state index in [4.69, 9.17) is 15.2 Å². The van der Waals surface area contributed by atoms with Crippen molar-refractivity contribution < 1.29 is 19.1 Å². The van der Waals surface area contributed by atoms with Crippen LogP contribution in [0.4, 0.5) is 5.69 Å². The van der Waals surface area contributed by atoms with Gasteiger partial charge in [-0.2, -0.15) is 0 Å². The molecule has 31 heavy (non-hydrogen) atoms. The van der Waals surface area contributed by atoms with Gasteiger partial charge in [-0.15, -0.1) is 0 Å². The second-order valence-corrected chi connectivity index (χ2v) is 9.74. The third kappa shape index (κ3) is 7.82. The molecule has 0 aromatic heterocycles. The van der Waals surface area contributed by atoms with Crippen molar-refractivity contribution >= 4 is 17.6 Å². The van der Waals surface area contributed by atoms with E-state index in [0.29, 0.717) is 12.5 Å². The number of hydrogen-bond donors (Lipinski definition) is 2. The summed E-state index contributed by atoms with van der Waals surface area (Å²) in [5, 5.41) is 2.78. The van der Waals surface area contributed by atoms with Crippen molar-refractivity contribution in [2.24, 2.45) is 11.7 Å². The molecular weight excluding hydrogens is 394 g/mol. The van der Waals surface area contributed by atoms with Crippen molar-refractivity contribution in [2.45, 2.75) is 70.6 Å². The molecule has 0 unspecified atom stereocenters. The maximum Gasteiger partial charge on any atom is 0.338 e. The standard InChI is InChI=1S/C24H39N3O4/c1-23(2,3)31-22(29)24(25,17-30-16-19-9-7-6-8-10-19)21(28)26-15-18-11-13-20(14-12-18)27(4)5/h11-14,19H,6-10,15-17,25H2,1-5H3,(H,26,28)/t24-/m0/s1. The lowest BCUT2D eigenvalue weighted by Gasteiger charge is -2.31. The number of carbonyl (C=O) groups excluding carboxylic acids is 2. The summed E-state index contributed by atoms with van der Waals surface area (Å²) < 4.78 is 11.2. The van der Waals surface area contributed by atoms with Crippen LogP contribution in [0.15, 0.2) is 24.3 Å². The van der Waals surface area contributed by atoms with Gasteiger partial charge in [-0.05, 0) is 57.2 Å². The molecule has 2 rings (SSSR count). The third-order valence-corrected chi connectivity index (χ3v) is 5.48. The minimum atomic E-state index is -1.90. The molecule has 174 valence electrons. The van der Waals surface area contributed by atoms with Crippen molar-refractivity contribution in [3.05, 3.63) is 29.8 Å².